The first-order valence-electron chi connectivity index (χ1n) is 4.58. The zero-order valence-electron chi connectivity index (χ0n) is 8.55. The Labute approximate surface area is 101 Å². The van der Waals surface area contributed by atoms with E-state index in [0.29, 0.717) is 0 Å². The Kier molecular flexibility index (Phi) is 4.30. The van der Waals surface area contributed by atoms with Gasteiger partial charge in [-0.3, -0.25) is 4.79 Å². The van der Waals surface area contributed by atoms with Crippen molar-refractivity contribution in [2.75, 3.05) is 6.61 Å². The van der Waals surface area contributed by atoms with Gasteiger partial charge in [0.05, 0.1) is 17.2 Å². The number of phenolic OH excluding ortho intramolecular Hbond substituents is 1. The molecule has 0 saturated heterocycles. The Bertz CT molecular complexity index is 448. The van der Waals surface area contributed by atoms with E-state index in [9.17, 15) is 14.7 Å². The van der Waals surface area contributed by atoms with E-state index in [1.807, 2.05) is 0 Å². The normalized spacial score (nSPS) is 11.9. The molecular weight excluding hydrogens is 250 g/mol. The summed E-state index contributed by atoms with van der Waals surface area (Å²) in [6.07, 6.45) is 0. The Morgan fingerprint density at radius 2 is 2.06 bits per heavy atom. The maximum Gasteiger partial charge on any atom is 0.328 e. The fraction of sp³-hybridized carbons (Fsp3) is 0.200. The average molecular weight is 260 g/mol. The Hall–Kier alpha value is -1.79. The van der Waals surface area contributed by atoms with Gasteiger partial charge in [-0.15, -0.1) is 0 Å². The fourth-order valence-electron chi connectivity index (χ4n) is 1.11. The summed E-state index contributed by atoms with van der Waals surface area (Å²) in [5.74, 6) is -2.32. The van der Waals surface area contributed by atoms with Crippen LogP contribution in [0, 0.1) is 0 Å². The summed E-state index contributed by atoms with van der Waals surface area (Å²) in [4.78, 5) is 22.2. The second kappa shape index (κ2) is 5.51. The van der Waals surface area contributed by atoms with Crippen LogP contribution in [-0.4, -0.2) is 39.8 Å². The smallest absolute Gasteiger partial charge is 0.328 e. The average Bonchev–Trinajstić information content (AvgIpc) is 2.28. The number of hydrogen-bond donors (Lipinski definition) is 4. The third-order valence-corrected chi connectivity index (χ3v) is 2.31. The SMILES string of the molecule is O=C(N[C@H](CO)C(=O)O)c1cc(O)ccc1Cl. The van der Waals surface area contributed by atoms with Crippen molar-refractivity contribution in [2.24, 2.45) is 0 Å². The highest BCUT2D eigenvalue weighted by Gasteiger charge is 2.21. The largest absolute Gasteiger partial charge is 0.508 e. The molecule has 1 aromatic rings. The number of benzene rings is 1. The molecule has 0 aliphatic carbocycles. The van der Waals surface area contributed by atoms with Crippen molar-refractivity contribution < 1.29 is 24.9 Å². The molecule has 0 bridgehead atoms. The third-order valence-electron chi connectivity index (χ3n) is 1.98. The van der Waals surface area contributed by atoms with Gasteiger partial charge in [0.25, 0.3) is 5.91 Å². The minimum absolute atomic E-state index is 0.0635. The number of halogens is 1. The molecule has 0 heterocycles. The van der Waals surface area contributed by atoms with Crippen LogP contribution in [0.3, 0.4) is 0 Å². The van der Waals surface area contributed by atoms with Crippen LogP contribution >= 0.6 is 11.6 Å². The molecule has 7 heteroatoms. The minimum Gasteiger partial charge on any atom is -0.508 e. The highest BCUT2D eigenvalue weighted by atomic mass is 35.5. The second-order valence-electron chi connectivity index (χ2n) is 3.21. The molecule has 4 N–H and O–H groups in total. The van der Waals surface area contributed by atoms with Crippen molar-refractivity contribution in [3.63, 3.8) is 0 Å². The van der Waals surface area contributed by atoms with Crippen LogP contribution in [0.1, 0.15) is 10.4 Å². The van der Waals surface area contributed by atoms with Gasteiger partial charge < -0.3 is 20.6 Å². The van der Waals surface area contributed by atoms with E-state index in [1.54, 1.807) is 0 Å². The number of carboxylic acids is 1. The Balaban J connectivity index is 2.89. The predicted molar refractivity (Wildman–Crippen MR) is 59.1 cm³/mol. The molecule has 92 valence electrons. The lowest BCUT2D eigenvalue weighted by Crippen LogP contribution is -2.43. The van der Waals surface area contributed by atoms with Crippen LogP contribution in [-0.2, 0) is 4.79 Å². The van der Waals surface area contributed by atoms with E-state index in [0.717, 1.165) is 6.07 Å². The van der Waals surface area contributed by atoms with Gasteiger partial charge in [-0.05, 0) is 18.2 Å². The van der Waals surface area contributed by atoms with Gasteiger partial charge in [0.15, 0.2) is 6.04 Å². The molecule has 1 aromatic carbocycles. The number of phenols is 1. The number of carbonyl (C=O) groups is 2. The molecule has 0 aliphatic heterocycles. The summed E-state index contributed by atoms with van der Waals surface area (Å²) in [5.41, 5.74) is -0.0635. The van der Waals surface area contributed by atoms with Crippen molar-refractivity contribution in [3.8, 4) is 5.75 Å². The molecule has 0 fully saturated rings. The fourth-order valence-corrected chi connectivity index (χ4v) is 1.31. The van der Waals surface area contributed by atoms with Crippen molar-refractivity contribution in [1.82, 2.24) is 5.32 Å². The molecular formula is C10H10ClNO5. The zero-order chi connectivity index (χ0) is 13.0. The molecule has 1 amide bonds. The molecule has 0 aromatic heterocycles. The monoisotopic (exact) mass is 259 g/mol. The second-order valence-corrected chi connectivity index (χ2v) is 3.62. The standard InChI is InChI=1S/C10H10ClNO5/c11-7-2-1-5(14)3-6(7)9(15)12-8(4-13)10(16)17/h1-3,8,13-14H,4H2,(H,12,15)(H,16,17)/t8-/m1/s1. The van der Waals surface area contributed by atoms with Gasteiger partial charge in [0.1, 0.15) is 5.75 Å². The van der Waals surface area contributed by atoms with Gasteiger partial charge in [-0.25, -0.2) is 4.79 Å². The first-order chi connectivity index (χ1) is 7.95. The number of rotatable bonds is 4. The lowest BCUT2D eigenvalue weighted by atomic mass is 10.2. The predicted octanol–water partition coefficient (Wildman–Crippen LogP) is 0.221. The molecule has 17 heavy (non-hydrogen) atoms. The zero-order valence-corrected chi connectivity index (χ0v) is 9.31. The first-order valence-corrected chi connectivity index (χ1v) is 4.96. The molecule has 1 rings (SSSR count). The number of aliphatic hydroxyl groups is 1. The number of carboxylic acid groups (broad SMARTS) is 1. The topological polar surface area (TPSA) is 107 Å². The van der Waals surface area contributed by atoms with E-state index in [4.69, 9.17) is 21.8 Å². The molecule has 0 saturated carbocycles. The lowest BCUT2D eigenvalue weighted by molar-refractivity contribution is -0.140. The van der Waals surface area contributed by atoms with Crippen LogP contribution in [0.4, 0.5) is 0 Å². The molecule has 0 radical (unpaired) electrons. The van der Waals surface area contributed by atoms with E-state index >= 15 is 0 Å². The number of aromatic hydroxyl groups is 1. The first kappa shape index (κ1) is 13.3. The highest BCUT2D eigenvalue weighted by molar-refractivity contribution is 6.33. The summed E-state index contributed by atoms with van der Waals surface area (Å²) < 4.78 is 0. The molecule has 0 aliphatic rings. The number of hydrogen-bond acceptors (Lipinski definition) is 4. The maximum atomic E-state index is 11.6. The van der Waals surface area contributed by atoms with E-state index < -0.39 is 24.5 Å². The number of carbonyl (C=O) groups excluding carboxylic acids is 1. The van der Waals surface area contributed by atoms with Crippen molar-refractivity contribution in [3.05, 3.63) is 28.8 Å². The number of nitrogens with one attached hydrogen (secondary N) is 1. The van der Waals surface area contributed by atoms with Crippen LogP contribution < -0.4 is 5.32 Å². The van der Waals surface area contributed by atoms with Gasteiger partial charge in [0.2, 0.25) is 0 Å². The number of aliphatic hydroxyl groups excluding tert-OH is 1. The summed E-state index contributed by atoms with van der Waals surface area (Å²) in [5, 5.41) is 28.7. The quantitative estimate of drug-likeness (QED) is 0.619. The van der Waals surface area contributed by atoms with E-state index in [1.165, 1.54) is 12.1 Å². The Morgan fingerprint density at radius 3 is 2.59 bits per heavy atom. The van der Waals surface area contributed by atoms with Crippen molar-refractivity contribution in [1.29, 1.82) is 0 Å². The van der Waals surface area contributed by atoms with Crippen molar-refractivity contribution in [2.45, 2.75) is 6.04 Å². The van der Waals surface area contributed by atoms with Gasteiger partial charge >= 0.3 is 5.97 Å². The highest BCUT2D eigenvalue weighted by Crippen LogP contribution is 2.20. The summed E-state index contributed by atoms with van der Waals surface area (Å²) >= 11 is 5.72. The third kappa shape index (κ3) is 3.33. The molecule has 0 spiro atoms. The lowest BCUT2D eigenvalue weighted by Gasteiger charge is -2.12. The van der Waals surface area contributed by atoms with Crippen LogP contribution in [0.25, 0.3) is 0 Å². The van der Waals surface area contributed by atoms with Gasteiger partial charge in [-0.1, -0.05) is 11.6 Å². The molecule has 6 nitrogen and oxygen atoms in total. The van der Waals surface area contributed by atoms with Gasteiger partial charge in [0, 0.05) is 0 Å². The minimum atomic E-state index is -1.42. The van der Waals surface area contributed by atoms with Crippen molar-refractivity contribution >= 4 is 23.5 Å². The van der Waals surface area contributed by atoms with Crippen LogP contribution in [0.2, 0.25) is 5.02 Å². The van der Waals surface area contributed by atoms with Crippen LogP contribution in [0.15, 0.2) is 18.2 Å². The summed E-state index contributed by atoms with van der Waals surface area (Å²) in [6, 6.07) is 2.29. The van der Waals surface area contributed by atoms with Gasteiger partial charge in [-0.2, -0.15) is 0 Å². The summed E-state index contributed by atoms with van der Waals surface area (Å²) in [6.45, 7) is -0.739. The Morgan fingerprint density at radius 1 is 1.41 bits per heavy atom. The van der Waals surface area contributed by atoms with E-state index in [-0.39, 0.29) is 16.3 Å². The molecule has 1 atom stereocenters. The maximum absolute atomic E-state index is 11.6. The number of aliphatic carboxylic acids is 1. The number of amides is 1. The molecule has 0 unspecified atom stereocenters. The van der Waals surface area contributed by atoms with E-state index in [2.05, 4.69) is 5.32 Å². The van der Waals surface area contributed by atoms with Crippen LogP contribution in [0.5, 0.6) is 5.75 Å². The summed E-state index contributed by atoms with van der Waals surface area (Å²) in [7, 11) is 0.